The molecule has 0 aliphatic carbocycles. The Labute approximate surface area is 81.7 Å². The maximum absolute atomic E-state index is 11.2. The number of ether oxygens (including phenoxy) is 1. The first kappa shape index (κ1) is 12.6. The van der Waals surface area contributed by atoms with Crippen molar-refractivity contribution >= 4 is 5.78 Å². The van der Waals surface area contributed by atoms with Gasteiger partial charge in [-0.1, -0.05) is 13.8 Å². The van der Waals surface area contributed by atoms with Crippen LogP contribution in [0, 0.1) is 5.92 Å². The molecule has 0 amide bonds. The Morgan fingerprint density at radius 3 is 2.54 bits per heavy atom. The third-order valence-electron chi connectivity index (χ3n) is 1.83. The highest BCUT2D eigenvalue weighted by Gasteiger charge is 2.03. The normalized spacial score (nSPS) is 10.8. The molecule has 0 rings (SSSR count). The highest BCUT2D eigenvalue weighted by atomic mass is 16.5. The number of hydrogen-bond donors (Lipinski definition) is 0. The molecule has 0 saturated heterocycles. The first-order chi connectivity index (χ1) is 6.16. The van der Waals surface area contributed by atoms with Gasteiger partial charge in [0.1, 0.15) is 5.78 Å². The van der Waals surface area contributed by atoms with Crippen LogP contribution in [-0.2, 0) is 9.53 Å². The maximum atomic E-state index is 11.2. The lowest BCUT2D eigenvalue weighted by molar-refractivity contribution is -0.119. The second-order valence-electron chi connectivity index (χ2n) is 3.79. The summed E-state index contributed by atoms with van der Waals surface area (Å²) >= 11 is 0. The van der Waals surface area contributed by atoms with Crippen LogP contribution in [0.2, 0.25) is 0 Å². The first-order valence-corrected chi connectivity index (χ1v) is 5.26. The van der Waals surface area contributed by atoms with Crippen LogP contribution in [0.25, 0.3) is 0 Å². The van der Waals surface area contributed by atoms with Crippen molar-refractivity contribution in [2.75, 3.05) is 13.2 Å². The van der Waals surface area contributed by atoms with Gasteiger partial charge < -0.3 is 4.74 Å². The zero-order valence-electron chi connectivity index (χ0n) is 9.14. The molecular weight excluding hydrogens is 164 g/mol. The van der Waals surface area contributed by atoms with Crippen molar-refractivity contribution in [2.24, 2.45) is 5.92 Å². The molecule has 0 N–H and O–H groups in total. The van der Waals surface area contributed by atoms with Crippen LogP contribution < -0.4 is 0 Å². The lowest BCUT2D eigenvalue weighted by Gasteiger charge is -2.03. The number of unbranched alkanes of at least 4 members (excludes halogenated alkanes) is 1. The van der Waals surface area contributed by atoms with Gasteiger partial charge in [0, 0.05) is 26.1 Å². The standard InChI is InChI=1S/C11H22O2/c1-4-13-8-6-5-7-11(12)9-10(2)3/h10H,4-9H2,1-3H3. The fourth-order valence-electron chi connectivity index (χ4n) is 1.23. The summed E-state index contributed by atoms with van der Waals surface area (Å²) in [7, 11) is 0. The minimum atomic E-state index is 0.395. The van der Waals surface area contributed by atoms with E-state index in [1.165, 1.54) is 0 Å². The van der Waals surface area contributed by atoms with Crippen molar-refractivity contribution < 1.29 is 9.53 Å². The molecular formula is C11H22O2. The van der Waals surface area contributed by atoms with E-state index in [2.05, 4.69) is 13.8 Å². The van der Waals surface area contributed by atoms with Crippen LogP contribution in [0.3, 0.4) is 0 Å². The van der Waals surface area contributed by atoms with Crippen molar-refractivity contribution in [3.8, 4) is 0 Å². The van der Waals surface area contributed by atoms with Crippen LogP contribution in [0.4, 0.5) is 0 Å². The maximum Gasteiger partial charge on any atom is 0.133 e. The third-order valence-corrected chi connectivity index (χ3v) is 1.83. The summed E-state index contributed by atoms with van der Waals surface area (Å²) in [6.45, 7) is 7.73. The lowest BCUT2D eigenvalue weighted by Crippen LogP contribution is -2.03. The Hall–Kier alpha value is -0.370. The van der Waals surface area contributed by atoms with Crippen LogP contribution in [0.5, 0.6) is 0 Å². The van der Waals surface area contributed by atoms with Crippen molar-refractivity contribution in [1.29, 1.82) is 0 Å². The van der Waals surface area contributed by atoms with Gasteiger partial charge >= 0.3 is 0 Å². The predicted octanol–water partition coefficient (Wildman–Crippen LogP) is 2.81. The van der Waals surface area contributed by atoms with Crippen molar-refractivity contribution in [2.45, 2.75) is 46.5 Å². The largest absolute Gasteiger partial charge is 0.382 e. The third kappa shape index (κ3) is 9.54. The van der Waals surface area contributed by atoms with E-state index in [1.807, 2.05) is 6.92 Å². The summed E-state index contributed by atoms with van der Waals surface area (Å²) in [5, 5.41) is 0. The molecule has 0 spiro atoms. The van der Waals surface area contributed by atoms with Gasteiger partial charge in [-0.15, -0.1) is 0 Å². The summed E-state index contributed by atoms with van der Waals surface area (Å²) < 4.78 is 5.19. The molecule has 0 radical (unpaired) electrons. The molecule has 2 heteroatoms. The second-order valence-corrected chi connectivity index (χ2v) is 3.79. The number of carbonyl (C=O) groups is 1. The van der Waals surface area contributed by atoms with Gasteiger partial charge in [-0.3, -0.25) is 4.79 Å². The summed E-state index contributed by atoms with van der Waals surface area (Å²) in [5.41, 5.74) is 0. The fourth-order valence-corrected chi connectivity index (χ4v) is 1.23. The van der Waals surface area contributed by atoms with E-state index in [0.717, 1.165) is 38.9 Å². The monoisotopic (exact) mass is 186 g/mol. The Bertz CT molecular complexity index is 130. The van der Waals surface area contributed by atoms with E-state index in [4.69, 9.17) is 4.74 Å². The van der Waals surface area contributed by atoms with Gasteiger partial charge in [-0.25, -0.2) is 0 Å². The van der Waals surface area contributed by atoms with Gasteiger partial charge in [0.05, 0.1) is 0 Å². The number of hydrogen-bond acceptors (Lipinski definition) is 2. The molecule has 0 aliphatic rings. The van der Waals surface area contributed by atoms with E-state index in [1.54, 1.807) is 0 Å². The molecule has 2 nitrogen and oxygen atoms in total. The van der Waals surface area contributed by atoms with E-state index in [-0.39, 0.29) is 0 Å². The number of Topliss-reactive ketones (excluding diaryl/α,β-unsaturated/α-hetero) is 1. The Morgan fingerprint density at radius 2 is 2.00 bits per heavy atom. The van der Waals surface area contributed by atoms with Crippen molar-refractivity contribution in [3.05, 3.63) is 0 Å². The Balaban J connectivity index is 3.17. The summed E-state index contributed by atoms with van der Waals surface area (Å²) in [6.07, 6.45) is 3.45. The van der Waals surface area contributed by atoms with Crippen LogP contribution in [0.1, 0.15) is 46.5 Å². The molecule has 0 saturated carbocycles. The van der Waals surface area contributed by atoms with E-state index >= 15 is 0 Å². The van der Waals surface area contributed by atoms with Crippen LogP contribution in [0.15, 0.2) is 0 Å². The highest BCUT2D eigenvalue weighted by Crippen LogP contribution is 2.05. The van der Waals surface area contributed by atoms with E-state index in [0.29, 0.717) is 11.7 Å². The molecule has 0 unspecified atom stereocenters. The Morgan fingerprint density at radius 1 is 1.31 bits per heavy atom. The lowest BCUT2D eigenvalue weighted by atomic mass is 10.0. The molecule has 0 aliphatic heterocycles. The van der Waals surface area contributed by atoms with Crippen molar-refractivity contribution in [3.63, 3.8) is 0 Å². The molecule has 0 aromatic rings. The van der Waals surface area contributed by atoms with Gasteiger partial charge in [0.15, 0.2) is 0 Å². The quantitative estimate of drug-likeness (QED) is 0.545. The van der Waals surface area contributed by atoms with Crippen LogP contribution in [-0.4, -0.2) is 19.0 Å². The molecule has 0 bridgehead atoms. The molecule has 0 atom stereocenters. The second kappa shape index (κ2) is 8.24. The molecule has 0 fully saturated rings. The van der Waals surface area contributed by atoms with Gasteiger partial charge in [0.2, 0.25) is 0 Å². The van der Waals surface area contributed by atoms with Crippen molar-refractivity contribution in [1.82, 2.24) is 0 Å². The minimum absolute atomic E-state index is 0.395. The first-order valence-electron chi connectivity index (χ1n) is 5.26. The highest BCUT2D eigenvalue weighted by molar-refractivity contribution is 5.78. The predicted molar refractivity (Wildman–Crippen MR) is 54.8 cm³/mol. The molecule has 13 heavy (non-hydrogen) atoms. The van der Waals surface area contributed by atoms with Gasteiger partial charge in [-0.2, -0.15) is 0 Å². The zero-order chi connectivity index (χ0) is 10.1. The summed E-state index contributed by atoms with van der Waals surface area (Å²) in [4.78, 5) is 11.2. The van der Waals surface area contributed by atoms with Gasteiger partial charge in [0.25, 0.3) is 0 Å². The SMILES string of the molecule is CCOCCCCC(=O)CC(C)C. The number of carbonyl (C=O) groups excluding carboxylic acids is 1. The summed E-state index contributed by atoms with van der Waals surface area (Å²) in [5.74, 6) is 0.894. The summed E-state index contributed by atoms with van der Waals surface area (Å²) in [6, 6.07) is 0. The molecule has 0 aromatic heterocycles. The van der Waals surface area contributed by atoms with Gasteiger partial charge in [-0.05, 0) is 25.7 Å². The van der Waals surface area contributed by atoms with Crippen LogP contribution >= 0.6 is 0 Å². The number of rotatable bonds is 8. The Kier molecular flexibility index (Phi) is 8.00. The van der Waals surface area contributed by atoms with E-state index in [9.17, 15) is 4.79 Å². The molecule has 0 heterocycles. The topological polar surface area (TPSA) is 26.3 Å². The average molecular weight is 186 g/mol. The van der Waals surface area contributed by atoms with E-state index < -0.39 is 0 Å². The minimum Gasteiger partial charge on any atom is -0.382 e. The number of ketones is 1. The zero-order valence-corrected chi connectivity index (χ0v) is 9.14. The fraction of sp³-hybridized carbons (Fsp3) is 0.909. The smallest absolute Gasteiger partial charge is 0.133 e. The molecule has 0 aromatic carbocycles. The molecule has 78 valence electrons. The average Bonchev–Trinajstić information content (AvgIpc) is 2.02.